The van der Waals surface area contributed by atoms with Gasteiger partial charge in [0, 0.05) is 32.2 Å². The van der Waals surface area contributed by atoms with Crippen LogP contribution in [0.25, 0.3) is 0 Å². The summed E-state index contributed by atoms with van der Waals surface area (Å²) in [5.41, 5.74) is 1.02. The number of rotatable bonds is 3. The molecule has 0 unspecified atom stereocenters. The maximum absolute atomic E-state index is 13.7. The molecule has 1 atom stereocenters. The first-order chi connectivity index (χ1) is 9.75. The highest BCUT2D eigenvalue weighted by atomic mass is 35.5. The fourth-order valence-electron chi connectivity index (χ4n) is 3.72. The van der Waals surface area contributed by atoms with E-state index >= 15 is 0 Å². The van der Waals surface area contributed by atoms with Crippen LogP contribution in [-0.4, -0.2) is 36.2 Å². The van der Waals surface area contributed by atoms with E-state index in [1.54, 1.807) is 0 Å². The van der Waals surface area contributed by atoms with Crippen LogP contribution in [0.4, 0.5) is 4.39 Å². The Balaban J connectivity index is 0.00000161. The Kier molecular flexibility index (Phi) is 5.85. The molecule has 2 fully saturated rings. The first kappa shape index (κ1) is 16.5. The lowest BCUT2D eigenvalue weighted by Gasteiger charge is -2.38. The topological polar surface area (TPSA) is 35.5 Å². The molecule has 3 rings (SSSR count). The van der Waals surface area contributed by atoms with Crippen LogP contribution in [0.15, 0.2) is 18.2 Å². The molecule has 2 aliphatic rings. The summed E-state index contributed by atoms with van der Waals surface area (Å²) in [6, 6.07) is 5.22. The molecule has 0 amide bonds. The Bertz CT molecular complexity index is 460. The van der Waals surface area contributed by atoms with Crippen molar-refractivity contribution in [3.05, 3.63) is 29.6 Å². The average molecular weight is 315 g/mol. The predicted octanol–water partition coefficient (Wildman–Crippen LogP) is 3.09. The molecule has 0 bridgehead atoms. The molecule has 5 heteroatoms. The van der Waals surface area contributed by atoms with Crippen LogP contribution in [0.3, 0.4) is 0 Å². The SMILES string of the molecule is Cl.Oc1ccc([C@@H](C2CCCC2)N2CCNCC2)cc1F. The van der Waals surface area contributed by atoms with Crippen LogP contribution >= 0.6 is 12.4 Å². The Morgan fingerprint density at radius 1 is 1.19 bits per heavy atom. The van der Waals surface area contributed by atoms with Gasteiger partial charge < -0.3 is 10.4 Å². The number of phenols is 1. The van der Waals surface area contributed by atoms with E-state index in [2.05, 4.69) is 10.2 Å². The third kappa shape index (κ3) is 3.68. The summed E-state index contributed by atoms with van der Waals surface area (Å²) in [6.45, 7) is 4.04. The van der Waals surface area contributed by atoms with Gasteiger partial charge in [0.2, 0.25) is 0 Å². The molecule has 3 nitrogen and oxygen atoms in total. The molecule has 1 heterocycles. The fraction of sp³-hybridized carbons (Fsp3) is 0.625. The minimum atomic E-state index is -0.499. The zero-order valence-electron chi connectivity index (χ0n) is 12.2. The van der Waals surface area contributed by atoms with E-state index in [4.69, 9.17) is 0 Å². The monoisotopic (exact) mass is 314 g/mol. The van der Waals surface area contributed by atoms with E-state index in [1.807, 2.05) is 6.07 Å². The van der Waals surface area contributed by atoms with Crippen molar-refractivity contribution in [1.29, 1.82) is 0 Å². The first-order valence-corrected chi connectivity index (χ1v) is 7.69. The van der Waals surface area contributed by atoms with Gasteiger partial charge in [-0.3, -0.25) is 4.90 Å². The summed E-state index contributed by atoms with van der Waals surface area (Å²) in [5, 5.41) is 12.8. The Hall–Kier alpha value is -0.840. The van der Waals surface area contributed by atoms with Gasteiger partial charge in [-0.05, 0) is 36.5 Å². The molecule has 1 aliphatic heterocycles. The van der Waals surface area contributed by atoms with Crippen LogP contribution in [0.1, 0.15) is 37.3 Å². The molecule has 0 spiro atoms. The van der Waals surface area contributed by atoms with E-state index in [0.29, 0.717) is 12.0 Å². The third-order valence-corrected chi connectivity index (χ3v) is 4.70. The van der Waals surface area contributed by atoms with Gasteiger partial charge in [-0.1, -0.05) is 18.9 Å². The Labute approximate surface area is 131 Å². The largest absolute Gasteiger partial charge is 0.505 e. The number of aromatic hydroxyl groups is 1. The molecular weight excluding hydrogens is 291 g/mol. The lowest BCUT2D eigenvalue weighted by molar-refractivity contribution is 0.125. The second kappa shape index (κ2) is 7.43. The zero-order valence-corrected chi connectivity index (χ0v) is 13.0. The summed E-state index contributed by atoms with van der Waals surface area (Å²) in [7, 11) is 0. The van der Waals surface area contributed by atoms with Gasteiger partial charge in [0.05, 0.1) is 0 Å². The maximum Gasteiger partial charge on any atom is 0.165 e. The second-order valence-electron chi connectivity index (χ2n) is 5.99. The Morgan fingerprint density at radius 3 is 2.48 bits per heavy atom. The van der Waals surface area contributed by atoms with E-state index in [1.165, 1.54) is 37.8 Å². The lowest BCUT2D eigenvalue weighted by Crippen LogP contribution is -2.46. The maximum atomic E-state index is 13.7. The van der Waals surface area contributed by atoms with Crippen LogP contribution in [0.2, 0.25) is 0 Å². The number of hydrogen-bond donors (Lipinski definition) is 2. The third-order valence-electron chi connectivity index (χ3n) is 4.70. The molecule has 0 aromatic heterocycles. The average Bonchev–Trinajstić information content (AvgIpc) is 2.98. The molecule has 1 saturated heterocycles. The number of nitrogens with one attached hydrogen (secondary N) is 1. The summed E-state index contributed by atoms with van der Waals surface area (Å²) in [6.07, 6.45) is 5.04. The van der Waals surface area contributed by atoms with E-state index in [-0.39, 0.29) is 18.2 Å². The molecule has 1 saturated carbocycles. The van der Waals surface area contributed by atoms with Gasteiger partial charge in [0.1, 0.15) is 0 Å². The summed E-state index contributed by atoms with van der Waals surface area (Å²) in [4.78, 5) is 2.48. The van der Waals surface area contributed by atoms with Crippen molar-refractivity contribution in [2.45, 2.75) is 31.7 Å². The Morgan fingerprint density at radius 2 is 1.86 bits per heavy atom. The summed E-state index contributed by atoms with van der Waals surface area (Å²) < 4.78 is 13.7. The van der Waals surface area contributed by atoms with Gasteiger partial charge in [-0.25, -0.2) is 4.39 Å². The molecule has 118 valence electrons. The molecule has 1 aromatic carbocycles. The fourth-order valence-corrected chi connectivity index (χ4v) is 3.72. The van der Waals surface area contributed by atoms with E-state index in [9.17, 15) is 9.50 Å². The van der Waals surface area contributed by atoms with Crippen molar-refractivity contribution in [3.8, 4) is 5.75 Å². The minimum absolute atomic E-state index is 0. The number of piperazine rings is 1. The van der Waals surface area contributed by atoms with Crippen molar-refractivity contribution in [2.24, 2.45) is 5.92 Å². The van der Waals surface area contributed by atoms with E-state index < -0.39 is 5.82 Å². The van der Waals surface area contributed by atoms with Gasteiger partial charge >= 0.3 is 0 Å². The van der Waals surface area contributed by atoms with Crippen molar-refractivity contribution >= 4 is 12.4 Å². The minimum Gasteiger partial charge on any atom is -0.505 e. The predicted molar refractivity (Wildman–Crippen MR) is 84.5 cm³/mol. The van der Waals surface area contributed by atoms with Crippen LogP contribution in [0, 0.1) is 11.7 Å². The van der Waals surface area contributed by atoms with Crippen LogP contribution in [0.5, 0.6) is 5.75 Å². The second-order valence-corrected chi connectivity index (χ2v) is 5.99. The highest BCUT2D eigenvalue weighted by Gasteiger charge is 2.32. The van der Waals surface area contributed by atoms with Gasteiger partial charge in [0.15, 0.2) is 11.6 Å². The highest BCUT2D eigenvalue weighted by molar-refractivity contribution is 5.85. The number of halogens is 2. The van der Waals surface area contributed by atoms with Crippen molar-refractivity contribution in [1.82, 2.24) is 10.2 Å². The zero-order chi connectivity index (χ0) is 13.9. The number of benzene rings is 1. The molecule has 21 heavy (non-hydrogen) atoms. The molecule has 0 radical (unpaired) electrons. The van der Waals surface area contributed by atoms with Gasteiger partial charge in [-0.15, -0.1) is 12.4 Å². The van der Waals surface area contributed by atoms with Crippen LogP contribution < -0.4 is 5.32 Å². The van der Waals surface area contributed by atoms with Crippen molar-refractivity contribution in [3.63, 3.8) is 0 Å². The standard InChI is InChI=1S/C16H23FN2O.ClH/c17-14-11-13(5-6-15(14)20)16(12-3-1-2-4-12)19-9-7-18-8-10-19;/h5-6,11-12,16,18,20H,1-4,7-10H2;1H/t16-;/m1./s1. The molecule has 1 aromatic rings. The quantitative estimate of drug-likeness (QED) is 0.900. The normalized spacial score (nSPS) is 22.0. The lowest BCUT2D eigenvalue weighted by atomic mass is 9.89. The van der Waals surface area contributed by atoms with Crippen molar-refractivity contribution < 1.29 is 9.50 Å². The van der Waals surface area contributed by atoms with Crippen LogP contribution in [-0.2, 0) is 0 Å². The number of hydrogen-bond acceptors (Lipinski definition) is 3. The van der Waals surface area contributed by atoms with Gasteiger partial charge in [0.25, 0.3) is 0 Å². The smallest absolute Gasteiger partial charge is 0.165 e. The van der Waals surface area contributed by atoms with Gasteiger partial charge in [-0.2, -0.15) is 0 Å². The highest BCUT2D eigenvalue weighted by Crippen LogP contribution is 2.40. The summed E-state index contributed by atoms with van der Waals surface area (Å²) in [5.74, 6) is -0.128. The first-order valence-electron chi connectivity index (χ1n) is 7.69. The molecule has 1 aliphatic carbocycles. The van der Waals surface area contributed by atoms with E-state index in [0.717, 1.165) is 31.7 Å². The number of phenolic OH excluding ortho intramolecular Hbond substituents is 1. The number of nitrogens with zero attached hydrogens (tertiary/aromatic N) is 1. The summed E-state index contributed by atoms with van der Waals surface area (Å²) >= 11 is 0. The molecular formula is C16H24ClFN2O. The van der Waals surface area contributed by atoms with Crippen molar-refractivity contribution in [2.75, 3.05) is 26.2 Å². The molecule has 2 N–H and O–H groups in total.